The molecule has 0 saturated carbocycles. The monoisotopic (exact) mass is 291 g/mol. The van der Waals surface area contributed by atoms with E-state index in [0.717, 1.165) is 36.6 Å². The van der Waals surface area contributed by atoms with Gasteiger partial charge in [0.05, 0.1) is 5.70 Å². The molecule has 1 N–H and O–H groups in total. The molecule has 103 valence electrons. The maximum Gasteiger partial charge on any atom is 0.197 e. The molecule has 0 spiro atoms. The third-order valence-corrected chi connectivity index (χ3v) is 3.83. The van der Waals surface area contributed by atoms with Crippen molar-refractivity contribution in [2.24, 2.45) is 5.92 Å². The molecule has 5 heteroatoms. The minimum absolute atomic E-state index is 0.202. The molecule has 20 heavy (non-hydrogen) atoms. The molecule has 1 aromatic rings. The van der Waals surface area contributed by atoms with Crippen molar-refractivity contribution >= 4 is 22.9 Å². The van der Waals surface area contributed by atoms with E-state index >= 15 is 0 Å². The lowest BCUT2D eigenvalue weighted by molar-refractivity contribution is 0.575. The molecule has 0 aromatic heterocycles. The zero-order chi connectivity index (χ0) is 14.1. The van der Waals surface area contributed by atoms with Crippen molar-refractivity contribution in [2.75, 3.05) is 0 Å². The van der Waals surface area contributed by atoms with Crippen LogP contribution in [0.25, 0.3) is 5.57 Å². The zero-order valence-corrected chi connectivity index (χ0v) is 11.5. The van der Waals surface area contributed by atoms with E-state index in [4.69, 9.17) is 12.2 Å². The summed E-state index contributed by atoms with van der Waals surface area (Å²) >= 11 is 4.95. The van der Waals surface area contributed by atoms with Crippen molar-refractivity contribution in [3.8, 4) is 0 Å². The Kier molecular flexibility index (Phi) is 3.53. The maximum atomic E-state index is 13.9. The largest absolute Gasteiger partial charge is 0.336 e. The molecular weight excluding hydrogens is 278 g/mol. The third-order valence-electron chi connectivity index (χ3n) is 3.62. The highest BCUT2D eigenvalue weighted by Gasteiger charge is 2.25. The lowest BCUT2D eigenvalue weighted by atomic mass is 9.91. The first-order valence-electron chi connectivity index (χ1n) is 6.50. The quantitative estimate of drug-likeness (QED) is 0.863. The van der Waals surface area contributed by atoms with Gasteiger partial charge in [0.15, 0.2) is 5.11 Å². The average molecular weight is 291 g/mol. The van der Waals surface area contributed by atoms with Crippen LogP contribution in [0.5, 0.6) is 0 Å². The number of halogens is 2. The number of hydrogen-bond acceptors (Lipinski definition) is 1. The number of benzene rings is 1. The van der Waals surface area contributed by atoms with Crippen LogP contribution in [0.4, 0.5) is 8.78 Å². The van der Waals surface area contributed by atoms with Crippen LogP contribution in [0.3, 0.4) is 0 Å². The number of rotatable bonds is 3. The Bertz CT molecular complexity index is 622. The third kappa shape index (κ3) is 2.58. The Hall–Kier alpha value is -1.75. The highest BCUT2D eigenvalue weighted by atomic mass is 32.1. The Labute approximate surface area is 121 Å². The summed E-state index contributed by atoms with van der Waals surface area (Å²) in [7, 11) is 0. The Morgan fingerprint density at radius 3 is 2.90 bits per heavy atom. The minimum Gasteiger partial charge on any atom is -0.336 e. The molecule has 1 aromatic carbocycles. The Balaban J connectivity index is 1.80. The topological polar surface area (TPSA) is 26.1 Å². The second-order valence-corrected chi connectivity index (χ2v) is 5.35. The number of allylic oxidation sites excluding steroid dienone is 3. The number of nitrogens with zero attached hydrogens (tertiary/aromatic N) is 1. The summed E-state index contributed by atoms with van der Waals surface area (Å²) in [6, 6.07) is 3.74. The standard InChI is InChI=1S/C15H13F2N2S/c16-10-4-5-13(14(17)7-10)12-3-1-2-9(12)6-11-8-18-15(20)19-11/h3-5,7-9H,1-2,6H2,(H,18,20). The summed E-state index contributed by atoms with van der Waals surface area (Å²) in [4.78, 5) is 0. The van der Waals surface area contributed by atoms with Crippen molar-refractivity contribution in [3.05, 3.63) is 53.4 Å². The van der Waals surface area contributed by atoms with Crippen LogP contribution in [0.1, 0.15) is 24.8 Å². The fraction of sp³-hybridized carbons (Fsp3) is 0.267. The molecule has 1 radical (unpaired) electrons. The summed E-state index contributed by atoms with van der Waals surface area (Å²) in [5.41, 5.74) is 2.31. The van der Waals surface area contributed by atoms with E-state index in [9.17, 15) is 8.78 Å². The molecule has 3 rings (SSSR count). The van der Waals surface area contributed by atoms with E-state index < -0.39 is 11.6 Å². The van der Waals surface area contributed by atoms with Gasteiger partial charge in [-0.15, -0.1) is 0 Å². The molecular formula is C15H13F2N2S. The van der Waals surface area contributed by atoms with Gasteiger partial charge in [-0.2, -0.15) is 0 Å². The van der Waals surface area contributed by atoms with Gasteiger partial charge in [0.2, 0.25) is 0 Å². The van der Waals surface area contributed by atoms with Crippen LogP contribution >= 0.6 is 12.2 Å². The molecule has 0 saturated heterocycles. The van der Waals surface area contributed by atoms with E-state index in [1.54, 1.807) is 6.20 Å². The van der Waals surface area contributed by atoms with E-state index in [0.29, 0.717) is 10.7 Å². The van der Waals surface area contributed by atoms with Crippen LogP contribution in [0.15, 0.2) is 36.2 Å². The van der Waals surface area contributed by atoms with Crippen LogP contribution in [-0.2, 0) is 0 Å². The summed E-state index contributed by atoms with van der Waals surface area (Å²) in [5.74, 6) is -0.855. The van der Waals surface area contributed by atoms with Gasteiger partial charge in [-0.25, -0.2) is 14.1 Å². The van der Waals surface area contributed by atoms with Gasteiger partial charge in [0.25, 0.3) is 0 Å². The van der Waals surface area contributed by atoms with Crippen LogP contribution in [0.2, 0.25) is 0 Å². The van der Waals surface area contributed by atoms with E-state index in [1.807, 2.05) is 6.08 Å². The molecule has 1 heterocycles. The predicted molar refractivity (Wildman–Crippen MR) is 77.6 cm³/mol. The molecule has 2 nitrogen and oxygen atoms in total. The molecule has 0 bridgehead atoms. The first-order valence-corrected chi connectivity index (χ1v) is 6.91. The first-order chi connectivity index (χ1) is 9.63. The van der Waals surface area contributed by atoms with E-state index in [-0.39, 0.29) is 5.92 Å². The molecule has 0 amide bonds. The van der Waals surface area contributed by atoms with E-state index in [1.165, 1.54) is 12.1 Å². The highest BCUT2D eigenvalue weighted by molar-refractivity contribution is 7.80. The number of thiocarbonyl (C=S) groups is 1. The average Bonchev–Trinajstić information content (AvgIpc) is 3.00. The SMILES string of the molecule is Fc1ccc(C2=CCCC2CC2=CNC(=S)[N]2)c(F)c1. The normalized spacial score (nSPS) is 21.3. The summed E-state index contributed by atoms with van der Waals surface area (Å²) in [6.07, 6.45) is 6.39. The summed E-state index contributed by atoms with van der Waals surface area (Å²) in [6.45, 7) is 0. The molecule has 1 aliphatic carbocycles. The van der Waals surface area contributed by atoms with Gasteiger partial charge in [0, 0.05) is 17.8 Å². The van der Waals surface area contributed by atoms with Crippen molar-refractivity contribution < 1.29 is 8.78 Å². The second kappa shape index (κ2) is 5.32. The van der Waals surface area contributed by atoms with Crippen LogP contribution < -0.4 is 10.6 Å². The van der Waals surface area contributed by atoms with Crippen molar-refractivity contribution in [1.29, 1.82) is 0 Å². The van der Waals surface area contributed by atoms with Crippen molar-refractivity contribution in [1.82, 2.24) is 10.6 Å². The highest BCUT2D eigenvalue weighted by Crippen LogP contribution is 2.38. The second-order valence-electron chi connectivity index (χ2n) is 4.96. The Morgan fingerprint density at radius 2 is 2.20 bits per heavy atom. The molecule has 2 aliphatic rings. The number of hydrogen-bond donors (Lipinski definition) is 1. The lowest BCUT2D eigenvalue weighted by Crippen LogP contribution is -2.16. The fourth-order valence-corrected chi connectivity index (χ4v) is 2.90. The van der Waals surface area contributed by atoms with E-state index in [2.05, 4.69) is 10.6 Å². The fourth-order valence-electron chi connectivity index (χ4n) is 2.72. The Morgan fingerprint density at radius 1 is 1.35 bits per heavy atom. The van der Waals surface area contributed by atoms with Gasteiger partial charge < -0.3 is 5.32 Å². The number of nitrogens with one attached hydrogen (secondary N) is 1. The first kappa shape index (κ1) is 13.2. The van der Waals surface area contributed by atoms with Gasteiger partial charge >= 0.3 is 0 Å². The predicted octanol–water partition coefficient (Wildman–Crippen LogP) is 3.48. The summed E-state index contributed by atoms with van der Waals surface area (Å²) < 4.78 is 26.9. The molecule has 1 unspecified atom stereocenters. The van der Waals surface area contributed by atoms with Crippen molar-refractivity contribution in [2.45, 2.75) is 19.3 Å². The lowest BCUT2D eigenvalue weighted by Gasteiger charge is -2.15. The maximum absolute atomic E-state index is 13.9. The van der Waals surface area contributed by atoms with Gasteiger partial charge in [0.1, 0.15) is 11.6 Å². The van der Waals surface area contributed by atoms with Gasteiger partial charge in [-0.3, -0.25) is 0 Å². The zero-order valence-electron chi connectivity index (χ0n) is 10.7. The molecule has 0 fully saturated rings. The molecule has 1 aliphatic heterocycles. The van der Waals surface area contributed by atoms with Gasteiger partial charge in [-0.1, -0.05) is 6.08 Å². The van der Waals surface area contributed by atoms with Crippen LogP contribution in [-0.4, -0.2) is 5.11 Å². The summed E-state index contributed by atoms with van der Waals surface area (Å²) in [5, 5.41) is 7.56. The molecule has 1 atom stereocenters. The smallest absolute Gasteiger partial charge is 0.197 e. The van der Waals surface area contributed by atoms with Gasteiger partial charge in [-0.05, 0) is 55.1 Å². The van der Waals surface area contributed by atoms with Crippen molar-refractivity contribution in [3.63, 3.8) is 0 Å². The van der Waals surface area contributed by atoms with Crippen LogP contribution in [0, 0.1) is 17.6 Å². The minimum atomic E-state index is -0.551.